The van der Waals surface area contributed by atoms with Crippen LogP contribution in [0.1, 0.15) is 17.7 Å². The van der Waals surface area contributed by atoms with E-state index in [1.807, 2.05) is 0 Å². The summed E-state index contributed by atoms with van der Waals surface area (Å²) in [6, 6.07) is 0. The quantitative estimate of drug-likeness (QED) is 0.827. The lowest BCUT2D eigenvalue weighted by Crippen LogP contribution is -2.50. The van der Waals surface area contributed by atoms with Crippen molar-refractivity contribution < 1.29 is 13.2 Å². The summed E-state index contributed by atoms with van der Waals surface area (Å²) < 4.78 is 32.4. The van der Waals surface area contributed by atoms with Crippen molar-refractivity contribution in [1.82, 2.24) is 14.2 Å². The van der Waals surface area contributed by atoms with Crippen molar-refractivity contribution in [1.29, 1.82) is 0 Å². The number of anilines is 1. The highest BCUT2D eigenvalue weighted by Gasteiger charge is 2.36. The summed E-state index contributed by atoms with van der Waals surface area (Å²) in [6.45, 7) is 4.18. The lowest BCUT2D eigenvalue weighted by Gasteiger charge is -2.36. The molecule has 1 aromatic rings. The highest BCUT2D eigenvalue weighted by molar-refractivity contribution is 7.89. The molecule has 0 bridgehead atoms. The summed E-state index contributed by atoms with van der Waals surface area (Å²) in [5, 5.41) is 0.245. The van der Waals surface area contributed by atoms with Gasteiger partial charge in [0.25, 0.3) is 0 Å². The number of rotatable bonds is 4. The molecule has 0 amide bonds. The molecule has 1 unspecified atom stereocenters. The summed E-state index contributed by atoms with van der Waals surface area (Å²) in [5.41, 5.74) is 5.65. The fraction of sp³-hybridized carbons (Fsp3) is 0.769. The second-order valence-electron chi connectivity index (χ2n) is 5.72. The van der Waals surface area contributed by atoms with E-state index < -0.39 is 10.0 Å². The zero-order valence-corrected chi connectivity index (χ0v) is 15.3. The average Bonchev–Trinajstić information content (AvgIpc) is 2.93. The topological polar surface area (TPSA) is 88.8 Å². The molecule has 1 atom stereocenters. The van der Waals surface area contributed by atoms with Crippen LogP contribution in [0, 0.1) is 0 Å². The van der Waals surface area contributed by atoms with Gasteiger partial charge in [0.2, 0.25) is 10.0 Å². The van der Waals surface area contributed by atoms with Crippen LogP contribution in [0.25, 0.3) is 0 Å². The van der Waals surface area contributed by atoms with Gasteiger partial charge in [0, 0.05) is 37.3 Å². The Bertz CT molecular complexity index is 604. The van der Waals surface area contributed by atoms with Crippen LogP contribution in [0.15, 0.2) is 6.20 Å². The molecule has 1 aromatic heterocycles. The lowest BCUT2D eigenvalue weighted by atomic mass is 10.1. The van der Waals surface area contributed by atoms with E-state index in [1.165, 1.54) is 11.3 Å². The molecular weight excluding hydrogens is 360 g/mol. The zero-order valence-electron chi connectivity index (χ0n) is 12.9. The van der Waals surface area contributed by atoms with Crippen LogP contribution in [0.3, 0.4) is 0 Å². The molecule has 7 nitrogen and oxygen atoms in total. The summed E-state index contributed by atoms with van der Waals surface area (Å²) in [4.78, 5) is 7.33. The molecule has 2 fully saturated rings. The molecule has 2 saturated heterocycles. The molecular formula is C13H23ClN4O3S2. The molecule has 2 N–H and O–H groups in total. The molecule has 132 valence electrons. The van der Waals surface area contributed by atoms with E-state index in [4.69, 9.17) is 10.5 Å². The van der Waals surface area contributed by atoms with E-state index in [0.717, 1.165) is 30.8 Å². The van der Waals surface area contributed by atoms with Gasteiger partial charge in [0.15, 0.2) is 5.13 Å². The minimum absolute atomic E-state index is 0. The van der Waals surface area contributed by atoms with Crippen molar-refractivity contribution in [3.05, 3.63) is 11.1 Å². The maximum atomic E-state index is 12.8. The molecule has 0 aromatic carbocycles. The fourth-order valence-electron chi connectivity index (χ4n) is 3.03. The van der Waals surface area contributed by atoms with Gasteiger partial charge in [-0.15, -0.1) is 23.7 Å². The number of morpholine rings is 1. The highest BCUT2D eigenvalue weighted by Crippen LogP contribution is 2.24. The summed E-state index contributed by atoms with van der Waals surface area (Å²) in [5.74, 6) is 0. The number of nitrogens with two attached hydrogens (primary N) is 1. The smallest absolute Gasteiger partial charge is 0.218 e. The van der Waals surface area contributed by atoms with Crippen LogP contribution >= 0.6 is 23.7 Å². The normalized spacial score (nSPS) is 24.3. The number of ether oxygens (including phenoxy) is 1. The SMILES string of the molecule is Cl.Nc1ncc(CN2CCCC(S(=O)(=O)N3CCOCC3)C2)s1. The molecule has 2 aliphatic heterocycles. The Morgan fingerprint density at radius 2 is 2.09 bits per heavy atom. The predicted octanol–water partition coefficient (Wildman–Crippen LogP) is 0.773. The third-order valence-corrected chi connectivity index (χ3v) is 7.29. The number of likely N-dealkylation sites (tertiary alicyclic amines) is 1. The number of halogens is 1. The maximum Gasteiger partial charge on any atom is 0.218 e. The summed E-state index contributed by atoms with van der Waals surface area (Å²) >= 11 is 1.47. The first-order valence-electron chi connectivity index (χ1n) is 7.55. The Hall–Kier alpha value is -0.450. The van der Waals surface area contributed by atoms with Crippen molar-refractivity contribution in [2.75, 3.05) is 45.1 Å². The molecule has 23 heavy (non-hydrogen) atoms. The van der Waals surface area contributed by atoms with E-state index in [1.54, 1.807) is 10.5 Å². The van der Waals surface area contributed by atoms with Crippen LogP contribution in [-0.2, 0) is 21.3 Å². The van der Waals surface area contributed by atoms with Crippen molar-refractivity contribution in [2.45, 2.75) is 24.6 Å². The Balaban J connectivity index is 0.00000192. The Kier molecular flexibility index (Phi) is 6.64. The monoisotopic (exact) mass is 382 g/mol. The molecule has 0 spiro atoms. The molecule has 0 aliphatic carbocycles. The minimum Gasteiger partial charge on any atom is -0.379 e. The van der Waals surface area contributed by atoms with Crippen molar-refractivity contribution >= 4 is 38.9 Å². The van der Waals surface area contributed by atoms with E-state index in [-0.39, 0.29) is 17.7 Å². The predicted molar refractivity (Wildman–Crippen MR) is 93.4 cm³/mol. The van der Waals surface area contributed by atoms with Gasteiger partial charge in [-0.3, -0.25) is 4.90 Å². The first-order chi connectivity index (χ1) is 10.6. The van der Waals surface area contributed by atoms with Crippen molar-refractivity contribution in [3.63, 3.8) is 0 Å². The number of hydrogen-bond donors (Lipinski definition) is 1. The van der Waals surface area contributed by atoms with Gasteiger partial charge in [0.1, 0.15) is 0 Å². The standard InChI is InChI=1S/C13H22N4O3S2.ClH/c14-13-15-8-11(21-13)9-16-3-1-2-12(10-16)22(18,19)17-4-6-20-7-5-17;/h8,12H,1-7,9-10H2,(H2,14,15);1H. The summed E-state index contributed by atoms with van der Waals surface area (Å²) in [6.07, 6.45) is 3.42. The number of sulfonamides is 1. The van der Waals surface area contributed by atoms with Crippen LogP contribution < -0.4 is 5.73 Å². The Morgan fingerprint density at radius 1 is 1.35 bits per heavy atom. The highest BCUT2D eigenvalue weighted by atomic mass is 35.5. The van der Waals surface area contributed by atoms with Gasteiger partial charge in [-0.25, -0.2) is 13.4 Å². The third-order valence-electron chi connectivity index (χ3n) is 4.16. The average molecular weight is 383 g/mol. The van der Waals surface area contributed by atoms with Gasteiger partial charge in [-0.2, -0.15) is 4.31 Å². The van der Waals surface area contributed by atoms with E-state index >= 15 is 0 Å². The maximum absolute atomic E-state index is 12.8. The number of nitrogens with zero attached hydrogens (tertiary/aromatic N) is 3. The first-order valence-corrected chi connectivity index (χ1v) is 9.87. The van der Waals surface area contributed by atoms with Gasteiger partial charge >= 0.3 is 0 Å². The second-order valence-corrected chi connectivity index (χ2v) is 9.08. The number of hydrogen-bond acceptors (Lipinski definition) is 7. The van der Waals surface area contributed by atoms with Gasteiger partial charge in [-0.1, -0.05) is 0 Å². The number of piperidine rings is 1. The van der Waals surface area contributed by atoms with Crippen LogP contribution in [-0.4, -0.2) is 67.2 Å². The minimum atomic E-state index is -3.23. The molecule has 0 saturated carbocycles. The molecule has 3 heterocycles. The van der Waals surface area contributed by atoms with E-state index in [2.05, 4.69) is 9.88 Å². The van der Waals surface area contributed by atoms with Crippen LogP contribution in [0.5, 0.6) is 0 Å². The lowest BCUT2D eigenvalue weighted by molar-refractivity contribution is 0.0719. The van der Waals surface area contributed by atoms with Gasteiger partial charge < -0.3 is 10.5 Å². The largest absolute Gasteiger partial charge is 0.379 e. The van der Waals surface area contributed by atoms with Gasteiger partial charge in [0.05, 0.1) is 18.5 Å². The third kappa shape index (κ3) is 4.55. The second kappa shape index (κ2) is 8.09. The number of nitrogen functional groups attached to an aromatic ring is 1. The zero-order chi connectivity index (χ0) is 15.6. The molecule has 0 radical (unpaired) electrons. The van der Waals surface area contributed by atoms with Crippen LogP contribution in [0.2, 0.25) is 0 Å². The van der Waals surface area contributed by atoms with Crippen LogP contribution in [0.4, 0.5) is 5.13 Å². The Labute approximate surface area is 147 Å². The first kappa shape index (κ1) is 18.9. The van der Waals surface area contributed by atoms with Crippen molar-refractivity contribution in [2.24, 2.45) is 0 Å². The Morgan fingerprint density at radius 3 is 2.74 bits per heavy atom. The molecule has 2 aliphatic rings. The molecule has 10 heteroatoms. The van der Waals surface area contributed by atoms with Gasteiger partial charge in [-0.05, 0) is 19.4 Å². The summed E-state index contributed by atoms with van der Waals surface area (Å²) in [7, 11) is -3.23. The van der Waals surface area contributed by atoms with E-state index in [0.29, 0.717) is 38.0 Å². The van der Waals surface area contributed by atoms with E-state index in [9.17, 15) is 8.42 Å². The fourth-order valence-corrected chi connectivity index (χ4v) is 5.70. The number of thiazole rings is 1. The number of aromatic nitrogens is 1. The molecule has 3 rings (SSSR count). The van der Waals surface area contributed by atoms with Crippen molar-refractivity contribution in [3.8, 4) is 0 Å².